The van der Waals surface area contributed by atoms with Gasteiger partial charge in [-0.1, -0.05) is 0 Å². The number of ether oxygens (including phenoxy) is 3. The average molecular weight is 333 g/mol. The summed E-state index contributed by atoms with van der Waals surface area (Å²) < 4.78 is 16.3. The number of benzene rings is 1. The predicted molar refractivity (Wildman–Crippen MR) is 86.7 cm³/mol. The molecule has 1 aromatic rings. The largest absolute Gasteiger partial charge is 0.497 e. The SMILES string of the molecule is COc1cc(CN2C(=O)C3(CCNCC3)NC3OC32)cc(OC)c1. The summed E-state index contributed by atoms with van der Waals surface area (Å²) in [5.74, 6) is 1.57. The minimum Gasteiger partial charge on any atom is -0.497 e. The van der Waals surface area contributed by atoms with Gasteiger partial charge in [-0.15, -0.1) is 0 Å². The molecule has 3 heterocycles. The number of piperazine rings is 1. The highest BCUT2D eigenvalue weighted by molar-refractivity contribution is 5.88. The molecule has 2 N–H and O–H groups in total. The fourth-order valence-corrected chi connectivity index (χ4v) is 3.70. The van der Waals surface area contributed by atoms with Crippen LogP contribution in [0.5, 0.6) is 11.5 Å². The predicted octanol–water partition coefficient (Wildman–Crippen LogP) is 0.440. The Morgan fingerprint density at radius 1 is 1.21 bits per heavy atom. The number of carbonyl (C=O) groups is 1. The third-order valence-corrected chi connectivity index (χ3v) is 5.09. The van der Waals surface area contributed by atoms with Crippen LogP contribution in [0.2, 0.25) is 0 Å². The highest BCUT2D eigenvalue weighted by atomic mass is 16.6. The summed E-state index contributed by atoms with van der Waals surface area (Å²) in [4.78, 5) is 15.0. The molecule has 1 amide bonds. The lowest BCUT2D eigenvalue weighted by Gasteiger charge is -2.42. The van der Waals surface area contributed by atoms with Crippen molar-refractivity contribution >= 4 is 5.91 Å². The number of nitrogens with zero attached hydrogens (tertiary/aromatic N) is 1. The minimum absolute atomic E-state index is 0.0479. The van der Waals surface area contributed by atoms with Gasteiger partial charge in [-0.05, 0) is 43.6 Å². The lowest BCUT2D eigenvalue weighted by Crippen LogP contribution is -2.67. The summed E-state index contributed by atoms with van der Waals surface area (Å²) in [6.45, 7) is 2.18. The molecule has 7 heteroatoms. The number of hydrogen-bond donors (Lipinski definition) is 2. The molecule has 7 nitrogen and oxygen atoms in total. The smallest absolute Gasteiger partial charge is 0.245 e. The van der Waals surface area contributed by atoms with E-state index >= 15 is 0 Å². The summed E-state index contributed by atoms with van der Waals surface area (Å²) in [7, 11) is 3.25. The molecule has 0 saturated carbocycles. The van der Waals surface area contributed by atoms with Crippen LogP contribution in [0.25, 0.3) is 0 Å². The molecular weight excluding hydrogens is 310 g/mol. The molecular formula is C17H23N3O4. The zero-order valence-corrected chi connectivity index (χ0v) is 14.0. The van der Waals surface area contributed by atoms with Gasteiger partial charge in [0.15, 0.2) is 12.5 Å². The van der Waals surface area contributed by atoms with Crippen molar-refractivity contribution in [3.8, 4) is 11.5 Å². The summed E-state index contributed by atoms with van der Waals surface area (Å²) in [6.07, 6.45) is 1.36. The molecule has 0 radical (unpaired) electrons. The van der Waals surface area contributed by atoms with Crippen LogP contribution in [0.15, 0.2) is 18.2 Å². The second kappa shape index (κ2) is 5.91. The van der Waals surface area contributed by atoms with Gasteiger partial charge in [0.2, 0.25) is 5.91 Å². The van der Waals surface area contributed by atoms with E-state index in [4.69, 9.17) is 14.2 Å². The molecule has 0 aromatic heterocycles. The second-order valence-corrected chi connectivity index (χ2v) is 6.58. The Kier molecular flexibility index (Phi) is 3.86. The van der Waals surface area contributed by atoms with Gasteiger partial charge in [0.05, 0.1) is 14.2 Å². The molecule has 24 heavy (non-hydrogen) atoms. The third kappa shape index (κ3) is 2.62. The maximum absolute atomic E-state index is 13.1. The van der Waals surface area contributed by atoms with Crippen molar-refractivity contribution in [3.63, 3.8) is 0 Å². The number of epoxide rings is 1. The van der Waals surface area contributed by atoms with E-state index in [1.807, 2.05) is 23.1 Å². The van der Waals surface area contributed by atoms with Gasteiger partial charge in [-0.2, -0.15) is 0 Å². The van der Waals surface area contributed by atoms with Crippen LogP contribution >= 0.6 is 0 Å². The standard InChI is InChI=1S/C17H23N3O4/c1-22-12-7-11(8-13(9-12)23-2)10-20-15-14(24-15)19-17(16(20)21)3-5-18-6-4-17/h7-9,14-15,18-19H,3-6,10H2,1-2H3. The number of amides is 1. The zero-order valence-electron chi connectivity index (χ0n) is 14.0. The van der Waals surface area contributed by atoms with Crippen molar-refractivity contribution in [2.45, 2.75) is 37.4 Å². The topological polar surface area (TPSA) is 75.4 Å². The highest BCUT2D eigenvalue weighted by Crippen LogP contribution is 2.38. The molecule has 0 bridgehead atoms. The van der Waals surface area contributed by atoms with Crippen molar-refractivity contribution in [2.24, 2.45) is 0 Å². The first-order valence-corrected chi connectivity index (χ1v) is 8.32. The van der Waals surface area contributed by atoms with Crippen LogP contribution in [0.1, 0.15) is 18.4 Å². The highest BCUT2D eigenvalue weighted by Gasteiger charge is 2.59. The Labute approximate surface area is 141 Å². The number of piperidine rings is 1. The number of fused-ring (bicyclic) bond motifs is 1. The second-order valence-electron chi connectivity index (χ2n) is 6.58. The van der Waals surface area contributed by atoms with E-state index in [1.165, 1.54) is 0 Å². The van der Waals surface area contributed by atoms with E-state index in [2.05, 4.69) is 10.6 Å². The number of carbonyl (C=O) groups excluding carboxylic acids is 1. The van der Waals surface area contributed by atoms with E-state index in [0.717, 1.165) is 43.0 Å². The monoisotopic (exact) mass is 333 g/mol. The van der Waals surface area contributed by atoms with Gasteiger partial charge < -0.3 is 24.4 Å². The average Bonchev–Trinajstić information content (AvgIpc) is 3.38. The first-order valence-electron chi connectivity index (χ1n) is 8.32. The molecule has 4 rings (SSSR count). The molecule has 2 atom stereocenters. The van der Waals surface area contributed by atoms with Crippen LogP contribution in [0, 0.1) is 0 Å². The van der Waals surface area contributed by atoms with E-state index in [0.29, 0.717) is 6.54 Å². The molecule has 2 unspecified atom stereocenters. The number of rotatable bonds is 4. The van der Waals surface area contributed by atoms with Gasteiger partial charge in [-0.25, -0.2) is 0 Å². The number of hydrogen-bond acceptors (Lipinski definition) is 6. The maximum Gasteiger partial charge on any atom is 0.245 e. The Bertz CT molecular complexity index is 622. The van der Waals surface area contributed by atoms with Crippen molar-refractivity contribution in [2.75, 3.05) is 27.3 Å². The minimum atomic E-state index is -0.494. The van der Waals surface area contributed by atoms with Crippen LogP contribution in [-0.4, -0.2) is 56.1 Å². The summed E-state index contributed by atoms with van der Waals surface area (Å²) in [5.41, 5.74) is 0.478. The number of nitrogens with one attached hydrogen (secondary N) is 2. The van der Waals surface area contributed by atoms with Crippen molar-refractivity contribution in [1.29, 1.82) is 0 Å². The van der Waals surface area contributed by atoms with Gasteiger partial charge in [0.25, 0.3) is 0 Å². The van der Waals surface area contributed by atoms with Gasteiger partial charge in [-0.3, -0.25) is 10.1 Å². The van der Waals surface area contributed by atoms with E-state index < -0.39 is 5.54 Å². The normalized spacial score (nSPS) is 27.8. The Morgan fingerprint density at radius 2 is 1.88 bits per heavy atom. The van der Waals surface area contributed by atoms with Crippen LogP contribution < -0.4 is 20.1 Å². The fraction of sp³-hybridized carbons (Fsp3) is 0.588. The first kappa shape index (κ1) is 15.7. The van der Waals surface area contributed by atoms with Crippen molar-refractivity contribution < 1.29 is 19.0 Å². The summed E-state index contributed by atoms with van der Waals surface area (Å²) >= 11 is 0. The molecule has 0 aliphatic carbocycles. The van der Waals surface area contributed by atoms with Gasteiger partial charge in [0.1, 0.15) is 17.0 Å². The lowest BCUT2D eigenvalue weighted by molar-refractivity contribution is -0.144. The molecule has 3 saturated heterocycles. The summed E-state index contributed by atoms with van der Waals surface area (Å²) in [5, 5.41) is 6.73. The molecule has 130 valence electrons. The van der Waals surface area contributed by atoms with Gasteiger partial charge >= 0.3 is 0 Å². The maximum atomic E-state index is 13.1. The first-order chi connectivity index (χ1) is 11.6. The molecule has 3 fully saturated rings. The molecule has 3 aliphatic heterocycles. The quantitative estimate of drug-likeness (QED) is 0.779. The van der Waals surface area contributed by atoms with Crippen LogP contribution in [0.4, 0.5) is 0 Å². The third-order valence-electron chi connectivity index (χ3n) is 5.09. The van der Waals surface area contributed by atoms with E-state index in [1.54, 1.807) is 14.2 Å². The van der Waals surface area contributed by atoms with Crippen molar-refractivity contribution in [1.82, 2.24) is 15.5 Å². The Balaban J connectivity index is 1.58. The van der Waals surface area contributed by atoms with Crippen LogP contribution in [-0.2, 0) is 16.1 Å². The molecule has 3 aliphatic rings. The molecule has 1 spiro atoms. The fourth-order valence-electron chi connectivity index (χ4n) is 3.70. The Morgan fingerprint density at radius 3 is 2.50 bits per heavy atom. The van der Waals surface area contributed by atoms with Gasteiger partial charge in [0, 0.05) is 12.6 Å². The lowest BCUT2D eigenvalue weighted by atomic mass is 9.85. The van der Waals surface area contributed by atoms with E-state index in [-0.39, 0.29) is 18.4 Å². The summed E-state index contributed by atoms with van der Waals surface area (Å²) in [6, 6.07) is 5.70. The van der Waals surface area contributed by atoms with Crippen LogP contribution in [0.3, 0.4) is 0 Å². The number of methoxy groups -OCH3 is 2. The van der Waals surface area contributed by atoms with Crippen molar-refractivity contribution in [3.05, 3.63) is 23.8 Å². The van der Waals surface area contributed by atoms with E-state index in [9.17, 15) is 4.79 Å². The molecule has 1 aromatic carbocycles. The zero-order chi connectivity index (χ0) is 16.7. The Hall–Kier alpha value is -1.83.